The third-order valence-corrected chi connectivity index (χ3v) is 3.95. The Kier molecular flexibility index (Phi) is 5.63. The van der Waals surface area contributed by atoms with E-state index in [4.69, 9.17) is 16.3 Å². The van der Waals surface area contributed by atoms with Crippen molar-refractivity contribution >= 4 is 11.6 Å². The first kappa shape index (κ1) is 15.5. The molecule has 0 aliphatic rings. The summed E-state index contributed by atoms with van der Waals surface area (Å²) in [5.41, 5.74) is 0.734. The zero-order chi connectivity index (χ0) is 13.8. The molecule has 0 amide bonds. The molecule has 5 heteroatoms. The van der Waals surface area contributed by atoms with Gasteiger partial charge in [-0.3, -0.25) is 4.68 Å². The Labute approximate surface area is 115 Å². The Balaban J connectivity index is 3.21. The van der Waals surface area contributed by atoms with Crippen LogP contribution in [0.1, 0.15) is 45.3 Å². The monoisotopic (exact) mass is 273 g/mol. The van der Waals surface area contributed by atoms with Gasteiger partial charge in [-0.05, 0) is 26.8 Å². The van der Waals surface area contributed by atoms with Crippen LogP contribution in [-0.2, 0) is 11.8 Å². The molecule has 4 nitrogen and oxygen atoms in total. The van der Waals surface area contributed by atoms with Crippen molar-refractivity contribution in [3.05, 3.63) is 16.9 Å². The summed E-state index contributed by atoms with van der Waals surface area (Å²) in [6.07, 6.45) is 3.53. The van der Waals surface area contributed by atoms with Crippen molar-refractivity contribution in [1.29, 1.82) is 0 Å². The van der Waals surface area contributed by atoms with E-state index in [-0.39, 0.29) is 11.6 Å². The lowest BCUT2D eigenvalue weighted by Crippen LogP contribution is -2.45. The lowest BCUT2D eigenvalue weighted by molar-refractivity contribution is -0.0733. The predicted octanol–water partition coefficient (Wildman–Crippen LogP) is 2.93. The number of hydrogen-bond acceptors (Lipinski definition) is 3. The van der Waals surface area contributed by atoms with Gasteiger partial charge in [-0.25, -0.2) is 0 Å². The van der Waals surface area contributed by atoms with E-state index in [9.17, 15) is 0 Å². The summed E-state index contributed by atoms with van der Waals surface area (Å²) >= 11 is 6.26. The number of rotatable bonds is 7. The minimum Gasteiger partial charge on any atom is -0.373 e. The number of likely N-dealkylation sites (N-methyl/N-ethyl adjacent to an activating group) is 1. The van der Waals surface area contributed by atoms with E-state index < -0.39 is 0 Å². The molecule has 0 aliphatic heterocycles. The van der Waals surface area contributed by atoms with Gasteiger partial charge >= 0.3 is 0 Å². The lowest BCUT2D eigenvalue weighted by Gasteiger charge is -2.39. The Bertz CT molecular complexity index is 355. The van der Waals surface area contributed by atoms with Crippen molar-refractivity contribution in [1.82, 2.24) is 15.1 Å². The molecule has 1 aromatic heterocycles. The van der Waals surface area contributed by atoms with Gasteiger partial charge in [0.15, 0.2) is 0 Å². The van der Waals surface area contributed by atoms with Crippen LogP contribution in [0.3, 0.4) is 0 Å². The van der Waals surface area contributed by atoms with E-state index in [1.165, 1.54) is 0 Å². The van der Waals surface area contributed by atoms with E-state index >= 15 is 0 Å². The average Bonchev–Trinajstić information content (AvgIpc) is 2.70. The fourth-order valence-corrected chi connectivity index (χ4v) is 2.90. The molecule has 1 rings (SSSR count). The summed E-state index contributed by atoms with van der Waals surface area (Å²) in [7, 11) is 3.85. The summed E-state index contributed by atoms with van der Waals surface area (Å²) in [5, 5.41) is 8.24. The number of nitrogens with zero attached hydrogens (tertiary/aromatic N) is 2. The van der Waals surface area contributed by atoms with Crippen LogP contribution in [0.4, 0.5) is 0 Å². The first-order valence-corrected chi connectivity index (χ1v) is 6.92. The largest absolute Gasteiger partial charge is 0.373 e. The predicted molar refractivity (Wildman–Crippen MR) is 75.0 cm³/mol. The molecule has 104 valence electrons. The Morgan fingerprint density at radius 1 is 1.44 bits per heavy atom. The van der Waals surface area contributed by atoms with Crippen molar-refractivity contribution in [3.63, 3.8) is 0 Å². The highest BCUT2D eigenvalue weighted by Crippen LogP contribution is 2.37. The minimum absolute atomic E-state index is 0.0347. The number of aromatic nitrogens is 2. The smallest absolute Gasteiger partial charge is 0.0886 e. The number of hydrogen-bond donors (Lipinski definition) is 1. The summed E-state index contributed by atoms with van der Waals surface area (Å²) in [6, 6.07) is 0.0347. The molecule has 0 aromatic carbocycles. The average molecular weight is 274 g/mol. The quantitative estimate of drug-likeness (QED) is 0.830. The highest BCUT2D eigenvalue weighted by atomic mass is 35.5. The molecule has 0 saturated heterocycles. The highest BCUT2D eigenvalue weighted by molar-refractivity contribution is 6.31. The van der Waals surface area contributed by atoms with Crippen LogP contribution in [0.2, 0.25) is 5.02 Å². The van der Waals surface area contributed by atoms with E-state index in [1.807, 2.05) is 25.7 Å². The fourth-order valence-electron chi connectivity index (χ4n) is 2.63. The zero-order valence-electron chi connectivity index (χ0n) is 12.0. The Morgan fingerprint density at radius 2 is 2.06 bits per heavy atom. The standard InChI is InChI=1S/C13H24ClN3O/c1-6-13(7-2,18-8-3)12(15-4)11-10(14)9-16-17(11)5/h9,12,15H,6-8H2,1-5H3. The van der Waals surface area contributed by atoms with Crippen molar-refractivity contribution in [2.45, 2.75) is 45.3 Å². The highest BCUT2D eigenvalue weighted by Gasteiger charge is 2.39. The van der Waals surface area contributed by atoms with E-state index in [0.29, 0.717) is 11.6 Å². The molecule has 0 radical (unpaired) electrons. The summed E-state index contributed by atoms with van der Waals surface area (Å²) < 4.78 is 7.87. The third-order valence-electron chi connectivity index (χ3n) is 3.65. The van der Waals surface area contributed by atoms with Crippen LogP contribution < -0.4 is 5.32 Å². The molecule has 1 unspecified atom stereocenters. The molecular formula is C13H24ClN3O. The van der Waals surface area contributed by atoms with Gasteiger partial charge in [-0.15, -0.1) is 0 Å². The first-order valence-electron chi connectivity index (χ1n) is 6.54. The molecule has 1 N–H and O–H groups in total. The number of nitrogens with one attached hydrogen (secondary N) is 1. The maximum atomic E-state index is 6.26. The van der Waals surface area contributed by atoms with Gasteiger partial charge in [-0.2, -0.15) is 5.10 Å². The zero-order valence-corrected chi connectivity index (χ0v) is 12.7. The number of halogens is 1. The van der Waals surface area contributed by atoms with Gasteiger partial charge in [0, 0.05) is 13.7 Å². The van der Waals surface area contributed by atoms with E-state index in [0.717, 1.165) is 18.5 Å². The van der Waals surface area contributed by atoms with Gasteiger partial charge in [-0.1, -0.05) is 25.4 Å². The molecule has 18 heavy (non-hydrogen) atoms. The van der Waals surface area contributed by atoms with Crippen LogP contribution in [0.15, 0.2) is 6.20 Å². The maximum Gasteiger partial charge on any atom is 0.0886 e. The van der Waals surface area contributed by atoms with E-state index in [2.05, 4.69) is 24.3 Å². The summed E-state index contributed by atoms with van der Waals surface area (Å²) in [6.45, 7) is 7.01. The molecule has 0 aliphatic carbocycles. The third kappa shape index (κ3) is 2.71. The number of aryl methyl sites for hydroxylation is 1. The maximum absolute atomic E-state index is 6.26. The van der Waals surface area contributed by atoms with Gasteiger partial charge in [0.2, 0.25) is 0 Å². The molecule has 0 fully saturated rings. The van der Waals surface area contributed by atoms with Crippen LogP contribution in [0.5, 0.6) is 0 Å². The van der Waals surface area contributed by atoms with Crippen molar-refractivity contribution in [3.8, 4) is 0 Å². The minimum atomic E-state index is -0.249. The van der Waals surface area contributed by atoms with Crippen LogP contribution in [-0.4, -0.2) is 29.0 Å². The second kappa shape index (κ2) is 6.55. The first-order chi connectivity index (χ1) is 8.56. The SMILES string of the molecule is CCOC(CC)(CC)C(NC)c1c(Cl)cnn1C. The normalized spacial score (nSPS) is 13.9. The van der Waals surface area contributed by atoms with Crippen LogP contribution in [0.25, 0.3) is 0 Å². The molecule has 1 atom stereocenters. The molecular weight excluding hydrogens is 250 g/mol. The lowest BCUT2D eigenvalue weighted by atomic mass is 9.86. The second-order valence-corrected chi connectivity index (χ2v) is 4.84. The van der Waals surface area contributed by atoms with Gasteiger partial charge in [0.05, 0.1) is 28.6 Å². The molecule has 0 bridgehead atoms. The summed E-state index contributed by atoms with van der Waals surface area (Å²) in [4.78, 5) is 0. The molecule has 1 aromatic rings. The van der Waals surface area contributed by atoms with Crippen molar-refractivity contribution in [2.75, 3.05) is 13.7 Å². The van der Waals surface area contributed by atoms with Gasteiger partial charge in [0.1, 0.15) is 0 Å². The van der Waals surface area contributed by atoms with E-state index in [1.54, 1.807) is 6.20 Å². The van der Waals surface area contributed by atoms with Gasteiger partial charge < -0.3 is 10.1 Å². The second-order valence-electron chi connectivity index (χ2n) is 4.43. The van der Waals surface area contributed by atoms with Crippen molar-refractivity contribution in [2.24, 2.45) is 7.05 Å². The Morgan fingerprint density at radius 3 is 2.39 bits per heavy atom. The molecule has 1 heterocycles. The van der Waals surface area contributed by atoms with Gasteiger partial charge in [0.25, 0.3) is 0 Å². The fraction of sp³-hybridized carbons (Fsp3) is 0.769. The summed E-state index contributed by atoms with van der Waals surface area (Å²) in [5.74, 6) is 0. The molecule has 0 spiro atoms. The van der Waals surface area contributed by atoms with Crippen LogP contribution in [0, 0.1) is 0 Å². The van der Waals surface area contributed by atoms with Crippen molar-refractivity contribution < 1.29 is 4.74 Å². The molecule has 0 saturated carbocycles. The Hall–Kier alpha value is -0.580. The topological polar surface area (TPSA) is 39.1 Å². The number of ether oxygens (including phenoxy) is 1. The van der Waals surface area contributed by atoms with Crippen LogP contribution >= 0.6 is 11.6 Å².